The van der Waals surface area contributed by atoms with Crippen molar-refractivity contribution in [1.82, 2.24) is 4.98 Å². The zero-order valence-corrected chi connectivity index (χ0v) is 19.6. The van der Waals surface area contributed by atoms with Gasteiger partial charge in [-0.3, -0.25) is 24.6 Å². The number of rotatable bonds is 4. The van der Waals surface area contributed by atoms with E-state index in [1.807, 2.05) is 31.4 Å². The Labute approximate surface area is 201 Å². The van der Waals surface area contributed by atoms with Crippen molar-refractivity contribution in [3.05, 3.63) is 91.2 Å². The van der Waals surface area contributed by atoms with Crippen LogP contribution in [0.3, 0.4) is 0 Å². The number of nitro groups is 1. The molecule has 10 heteroatoms. The van der Waals surface area contributed by atoms with Crippen molar-refractivity contribution in [3.8, 4) is 0 Å². The van der Waals surface area contributed by atoms with Crippen LogP contribution >= 0.6 is 22.7 Å². The second kappa shape index (κ2) is 8.15. The number of aromatic nitrogens is 1. The van der Waals surface area contributed by atoms with E-state index in [-0.39, 0.29) is 22.2 Å². The molecule has 3 heterocycles. The van der Waals surface area contributed by atoms with Crippen molar-refractivity contribution < 1.29 is 19.6 Å². The number of nitro benzene ring substituents is 1. The highest BCUT2D eigenvalue weighted by atomic mass is 32.1. The predicted molar refractivity (Wildman–Crippen MR) is 131 cm³/mol. The molecule has 8 nitrogen and oxygen atoms in total. The molecule has 1 amide bonds. The van der Waals surface area contributed by atoms with Gasteiger partial charge in [-0.15, -0.1) is 11.3 Å². The average Bonchev–Trinajstić information content (AvgIpc) is 3.53. The Balaban J connectivity index is 1.71. The highest BCUT2D eigenvalue weighted by Crippen LogP contribution is 2.46. The lowest BCUT2D eigenvalue weighted by atomic mass is 9.96. The molecule has 0 spiro atoms. The van der Waals surface area contributed by atoms with Gasteiger partial charge < -0.3 is 5.11 Å². The van der Waals surface area contributed by atoms with Crippen LogP contribution in [-0.4, -0.2) is 26.7 Å². The van der Waals surface area contributed by atoms with Gasteiger partial charge in [0.15, 0.2) is 5.13 Å². The monoisotopic (exact) mass is 491 g/mol. The molecule has 1 unspecified atom stereocenters. The number of amides is 1. The minimum Gasteiger partial charge on any atom is -0.507 e. The van der Waals surface area contributed by atoms with Crippen LogP contribution in [0.4, 0.5) is 10.8 Å². The largest absolute Gasteiger partial charge is 0.507 e. The summed E-state index contributed by atoms with van der Waals surface area (Å²) in [4.78, 5) is 43.6. The highest BCUT2D eigenvalue weighted by molar-refractivity contribution is 7.22. The summed E-state index contributed by atoms with van der Waals surface area (Å²) in [6.07, 6.45) is 0. The van der Waals surface area contributed by atoms with Crippen LogP contribution in [0, 0.1) is 24.0 Å². The van der Waals surface area contributed by atoms with Crippen molar-refractivity contribution in [1.29, 1.82) is 0 Å². The second-order valence-electron chi connectivity index (χ2n) is 7.91. The van der Waals surface area contributed by atoms with Crippen LogP contribution < -0.4 is 4.90 Å². The third-order valence-corrected chi connectivity index (χ3v) is 7.63. The van der Waals surface area contributed by atoms with Crippen LogP contribution in [0.1, 0.15) is 27.6 Å². The number of hydrogen-bond acceptors (Lipinski definition) is 8. The van der Waals surface area contributed by atoms with Crippen molar-refractivity contribution in [2.45, 2.75) is 19.9 Å². The van der Waals surface area contributed by atoms with Gasteiger partial charge in [-0.05, 0) is 43.0 Å². The number of aryl methyl sites for hydroxylation is 2. The van der Waals surface area contributed by atoms with Crippen LogP contribution in [0.5, 0.6) is 0 Å². The van der Waals surface area contributed by atoms with Crippen LogP contribution in [0.2, 0.25) is 0 Å². The number of thiophene rings is 1. The Morgan fingerprint density at radius 3 is 2.65 bits per heavy atom. The first-order valence-corrected chi connectivity index (χ1v) is 11.9. The fourth-order valence-corrected chi connectivity index (χ4v) is 5.85. The third-order valence-electron chi connectivity index (χ3n) is 5.68. The fourth-order valence-electron chi connectivity index (χ4n) is 4.00. The standard InChI is InChI=1S/C24H17N3O5S2/c1-12-5-6-13(2)15(10-12)21(28)19-20(17-4-3-9-33-17)26(23(30)22(19)29)24-25-16-8-7-14(27(31)32)11-18(16)34-24/h3-11,20,28H,1-2H3/b21-19+. The summed E-state index contributed by atoms with van der Waals surface area (Å²) in [5, 5.41) is 24.5. The summed E-state index contributed by atoms with van der Waals surface area (Å²) in [7, 11) is 0. The van der Waals surface area contributed by atoms with E-state index in [0.717, 1.165) is 22.5 Å². The normalized spacial score (nSPS) is 17.6. The van der Waals surface area contributed by atoms with Crippen LogP contribution in [-0.2, 0) is 9.59 Å². The SMILES string of the molecule is Cc1ccc(C)c(/C(O)=C2\C(=O)C(=O)N(c3nc4ccc([N+](=O)[O-])cc4s3)C2c2cccs2)c1. The van der Waals surface area contributed by atoms with Crippen molar-refractivity contribution in [2.24, 2.45) is 0 Å². The highest BCUT2D eigenvalue weighted by Gasteiger charge is 2.48. The number of anilines is 1. The lowest BCUT2D eigenvalue weighted by Gasteiger charge is -2.21. The molecule has 0 radical (unpaired) electrons. The molecule has 4 aromatic rings. The summed E-state index contributed by atoms with van der Waals surface area (Å²) < 4.78 is 0.519. The van der Waals surface area contributed by atoms with Crippen molar-refractivity contribution in [2.75, 3.05) is 4.90 Å². The van der Waals surface area contributed by atoms with E-state index in [0.29, 0.717) is 20.7 Å². The number of Topliss-reactive ketones (excluding diaryl/α,β-unsaturated/α-hetero) is 1. The number of hydrogen-bond donors (Lipinski definition) is 1. The van der Waals surface area contributed by atoms with E-state index >= 15 is 0 Å². The molecule has 5 rings (SSSR count). The van der Waals surface area contributed by atoms with E-state index < -0.39 is 22.7 Å². The number of thiazole rings is 1. The summed E-state index contributed by atoms with van der Waals surface area (Å²) in [5.74, 6) is -1.85. The first-order valence-electron chi connectivity index (χ1n) is 10.2. The maximum Gasteiger partial charge on any atom is 0.301 e. The molecule has 1 aliphatic heterocycles. The molecule has 1 N–H and O–H groups in total. The Morgan fingerprint density at radius 2 is 1.94 bits per heavy atom. The molecule has 0 bridgehead atoms. The molecule has 1 fully saturated rings. The molecule has 0 saturated carbocycles. The molecule has 2 aromatic carbocycles. The number of carbonyl (C=O) groups excluding carboxylic acids is 2. The molecular weight excluding hydrogens is 474 g/mol. The lowest BCUT2D eigenvalue weighted by Crippen LogP contribution is -2.28. The first kappa shape index (κ1) is 21.9. The smallest absolute Gasteiger partial charge is 0.301 e. The second-order valence-corrected chi connectivity index (χ2v) is 9.90. The van der Waals surface area contributed by atoms with Crippen molar-refractivity contribution in [3.63, 3.8) is 0 Å². The Bertz CT molecular complexity index is 1520. The van der Waals surface area contributed by atoms with Gasteiger partial charge in [-0.2, -0.15) is 0 Å². The minimum atomic E-state index is -0.865. The Kier molecular flexibility index (Phi) is 5.26. The number of fused-ring (bicyclic) bond motifs is 1. The van der Waals surface area contributed by atoms with E-state index in [9.17, 15) is 24.8 Å². The minimum absolute atomic E-state index is 0.00798. The molecule has 170 valence electrons. The van der Waals surface area contributed by atoms with Gasteiger partial charge in [-0.1, -0.05) is 35.1 Å². The Morgan fingerprint density at radius 1 is 1.15 bits per heavy atom. The quantitative estimate of drug-likeness (QED) is 0.132. The van der Waals surface area contributed by atoms with Gasteiger partial charge in [-0.25, -0.2) is 4.98 Å². The lowest BCUT2D eigenvalue weighted by molar-refractivity contribution is -0.384. The number of ketones is 1. The van der Waals surface area contributed by atoms with E-state index in [1.165, 1.54) is 34.4 Å². The summed E-state index contributed by atoms with van der Waals surface area (Å²) in [6.45, 7) is 3.71. The van der Waals surface area contributed by atoms with E-state index in [2.05, 4.69) is 4.98 Å². The van der Waals surface area contributed by atoms with E-state index in [1.54, 1.807) is 18.2 Å². The van der Waals surface area contributed by atoms with Crippen molar-refractivity contribution >= 4 is 61.2 Å². The summed E-state index contributed by atoms with van der Waals surface area (Å²) >= 11 is 2.44. The topological polar surface area (TPSA) is 114 Å². The number of aliphatic hydroxyl groups excluding tert-OH is 1. The molecule has 1 aliphatic rings. The third kappa shape index (κ3) is 3.47. The fraction of sp³-hybridized carbons (Fsp3) is 0.125. The molecular formula is C24H17N3O5S2. The van der Waals surface area contributed by atoms with E-state index in [4.69, 9.17) is 0 Å². The maximum absolute atomic E-state index is 13.3. The summed E-state index contributed by atoms with van der Waals surface area (Å²) in [5.41, 5.74) is 2.54. The number of carbonyl (C=O) groups is 2. The maximum atomic E-state index is 13.3. The number of nitrogens with zero attached hydrogens (tertiary/aromatic N) is 3. The van der Waals surface area contributed by atoms with Gasteiger partial charge in [0.25, 0.3) is 11.5 Å². The summed E-state index contributed by atoms with van der Waals surface area (Å²) in [6, 6.07) is 12.5. The number of non-ortho nitro benzene ring substituents is 1. The van der Waals surface area contributed by atoms with Gasteiger partial charge in [0.2, 0.25) is 0 Å². The molecule has 2 aromatic heterocycles. The van der Waals surface area contributed by atoms with Gasteiger partial charge >= 0.3 is 5.91 Å². The predicted octanol–water partition coefficient (Wildman–Crippen LogP) is 5.51. The van der Waals surface area contributed by atoms with Crippen LogP contribution in [0.15, 0.2) is 59.5 Å². The molecule has 0 aliphatic carbocycles. The molecule has 1 saturated heterocycles. The van der Waals surface area contributed by atoms with Crippen LogP contribution in [0.25, 0.3) is 16.0 Å². The molecule has 1 atom stereocenters. The van der Waals surface area contributed by atoms with Gasteiger partial charge in [0.05, 0.1) is 20.7 Å². The van der Waals surface area contributed by atoms with Gasteiger partial charge in [0.1, 0.15) is 11.8 Å². The number of aliphatic hydroxyl groups is 1. The zero-order valence-electron chi connectivity index (χ0n) is 18.0. The van der Waals surface area contributed by atoms with Gasteiger partial charge in [0, 0.05) is 22.6 Å². The zero-order chi connectivity index (χ0) is 24.1. The number of benzene rings is 2. The first-order chi connectivity index (χ1) is 16.3. The Hall–Kier alpha value is -3.89. The molecule has 34 heavy (non-hydrogen) atoms. The average molecular weight is 492 g/mol.